The highest BCUT2D eigenvalue weighted by Crippen LogP contribution is 2.27. The fourth-order valence-electron chi connectivity index (χ4n) is 4.78. The van der Waals surface area contributed by atoms with Crippen LogP contribution in [0.25, 0.3) is 0 Å². The summed E-state index contributed by atoms with van der Waals surface area (Å²) >= 11 is 0. The molecular weight excluding hydrogens is 581 g/mol. The number of nitrogens with one attached hydrogen (secondary N) is 1. The van der Waals surface area contributed by atoms with E-state index in [9.17, 15) is 22.4 Å². The standard InChI is InChI=1S/C34H36FN3O5S/c1-3-36-34(40)32(23-26-13-7-5-8-14-26)37(24-27-15-11-12-18-31(27)35)33(39)25-38(28-19-21-29(22-20-28)43-4-2)44(41,42)30-16-9-6-10-17-30/h5-22,32H,3-4,23-25H2,1-2H3,(H,36,40)/t32-/m0/s1. The van der Waals surface area contributed by atoms with Gasteiger partial charge in [-0.05, 0) is 61.9 Å². The Morgan fingerprint density at radius 3 is 2.07 bits per heavy atom. The highest BCUT2D eigenvalue weighted by atomic mass is 32.2. The summed E-state index contributed by atoms with van der Waals surface area (Å²) in [4.78, 5) is 29.1. The van der Waals surface area contributed by atoms with E-state index in [1.807, 2.05) is 37.3 Å². The molecule has 2 amide bonds. The first-order valence-electron chi connectivity index (χ1n) is 14.4. The molecule has 0 spiro atoms. The molecule has 8 nitrogen and oxygen atoms in total. The molecule has 44 heavy (non-hydrogen) atoms. The van der Waals surface area contributed by atoms with Crippen LogP contribution >= 0.6 is 0 Å². The van der Waals surface area contributed by atoms with E-state index >= 15 is 0 Å². The van der Waals surface area contributed by atoms with Crippen molar-refractivity contribution in [3.05, 3.63) is 126 Å². The van der Waals surface area contributed by atoms with Crippen molar-refractivity contribution in [2.24, 2.45) is 0 Å². The van der Waals surface area contributed by atoms with Crippen molar-refractivity contribution in [3.8, 4) is 5.75 Å². The zero-order valence-corrected chi connectivity index (χ0v) is 25.5. The van der Waals surface area contributed by atoms with Gasteiger partial charge in [0, 0.05) is 25.1 Å². The third-order valence-corrected chi connectivity index (χ3v) is 8.75. The molecule has 0 aliphatic rings. The topological polar surface area (TPSA) is 96.0 Å². The molecule has 0 fully saturated rings. The largest absolute Gasteiger partial charge is 0.494 e. The van der Waals surface area contributed by atoms with Crippen LogP contribution in [0.3, 0.4) is 0 Å². The van der Waals surface area contributed by atoms with Gasteiger partial charge in [-0.2, -0.15) is 0 Å². The molecule has 0 saturated carbocycles. The first-order chi connectivity index (χ1) is 21.2. The molecule has 4 rings (SSSR count). The lowest BCUT2D eigenvalue weighted by molar-refractivity contribution is -0.140. The van der Waals surface area contributed by atoms with Gasteiger partial charge in [0.15, 0.2) is 0 Å². The fourth-order valence-corrected chi connectivity index (χ4v) is 6.22. The van der Waals surface area contributed by atoms with Crippen LogP contribution in [0, 0.1) is 5.82 Å². The van der Waals surface area contributed by atoms with Crippen LogP contribution in [0.4, 0.5) is 10.1 Å². The summed E-state index contributed by atoms with van der Waals surface area (Å²) in [5.41, 5.74) is 1.21. The summed E-state index contributed by atoms with van der Waals surface area (Å²) < 4.78 is 49.5. The van der Waals surface area contributed by atoms with Gasteiger partial charge in [-0.25, -0.2) is 12.8 Å². The molecule has 4 aromatic carbocycles. The third kappa shape index (κ3) is 8.02. The molecule has 1 atom stereocenters. The number of ether oxygens (including phenoxy) is 1. The van der Waals surface area contributed by atoms with Gasteiger partial charge in [0.05, 0.1) is 17.2 Å². The molecule has 0 unspecified atom stereocenters. The molecule has 0 aliphatic heterocycles. The second-order valence-electron chi connectivity index (χ2n) is 9.96. The maximum Gasteiger partial charge on any atom is 0.264 e. The van der Waals surface area contributed by atoms with Crippen LogP contribution in [0.1, 0.15) is 25.0 Å². The first kappa shape index (κ1) is 32.2. The van der Waals surface area contributed by atoms with Gasteiger partial charge >= 0.3 is 0 Å². The van der Waals surface area contributed by atoms with Crippen LogP contribution in [0.2, 0.25) is 0 Å². The van der Waals surface area contributed by atoms with Gasteiger partial charge < -0.3 is 15.0 Å². The molecule has 0 aromatic heterocycles. The molecule has 230 valence electrons. The Morgan fingerprint density at radius 1 is 0.841 bits per heavy atom. The lowest BCUT2D eigenvalue weighted by Crippen LogP contribution is -2.53. The number of hydrogen-bond donors (Lipinski definition) is 1. The van der Waals surface area contributed by atoms with E-state index < -0.39 is 40.2 Å². The first-order valence-corrected chi connectivity index (χ1v) is 15.8. The summed E-state index contributed by atoms with van der Waals surface area (Å²) in [6, 6.07) is 28.3. The average Bonchev–Trinajstić information content (AvgIpc) is 3.04. The smallest absolute Gasteiger partial charge is 0.264 e. The van der Waals surface area contributed by atoms with E-state index in [0.29, 0.717) is 18.9 Å². The fraction of sp³-hybridized carbons (Fsp3) is 0.235. The zero-order valence-electron chi connectivity index (χ0n) is 24.7. The van der Waals surface area contributed by atoms with Crippen molar-refractivity contribution in [1.29, 1.82) is 0 Å². The van der Waals surface area contributed by atoms with Crippen molar-refractivity contribution in [1.82, 2.24) is 10.2 Å². The highest BCUT2D eigenvalue weighted by molar-refractivity contribution is 7.92. The van der Waals surface area contributed by atoms with Gasteiger partial charge in [0.1, 0.15) is 24.2 Å². The van der Waals surface area contributed by atoms with Crippen molar-refractivity contribution in [3.63, 3.8) is 0 Å². The van der Waals surface area contributed by atoms with Crippen LogP contribution < -0.4 is 14.4 Å². The Labute approximate surface area is 258 Å². The number of benzene rings is 4. The van der Waals surface area contributed by atoms with E-state index in [1.165, 1.54) is 35.2 Å². The summed E-state index contributed by atoms with van der Waals surface area (Å²) in [6.07, 6.45) is 0.140. The zero-order chi connectivity index (χ0) is 31.5. The number of sulfonamides is 1. The molecule has 0 bridgehead atoms. The number of anilines is 1. The van der Waals surface area contributed by atoms with Crippen LogP contribution in [0.5, 0.6) is 5.75 Å². The Kier molecular flexibility index (Phi) is 11.1. The van der Waals surface area contributed by atoms with Crippen molar-refractivity contribution in [2.45, 2.75) is 37.8 Å². The van der Waals surface area contributed by atoms with Gasteiger partial charge in [-0.3, -0.25) is 13.9 Å². The molecular formula is C34H36FN3O5S. The average molecular weight is 618 g/mol. The molecule has 0 saturated heterocycles. The summed E-state index contributed by atoms with van der Waals surface area (Å²) in [7, 11) is -4.23. The highest BCUT2D eigenvalue weighted by Gasteiger charge is 2.34. The normalized spacial score (nSPS) is 11.8. The minimum atomic E-state index is -4.23. The minimum Gasteiger partial charge on any atom is -0.494 e. The Morgan fingerprint density at radius 2 is 1.45 bits per heavy atom. The minimum absolute atomic E-state index is 0.00750. The third-order valence-electron chi connectivity index (χ3n) is 6.97. The van der Waals surface area contributed by atoms with Crippen molar-refractivity contribution >= 4 is 27.5 Å². The van der Waals surface area contributed by atoms with Gasteiger partial charge in [-0.15, -0.1) is 0 Å². The molecule has 4 aromatic rings. The van der Waals surface area contributed by atoms with Gasteiger partial charge in [0.25, 0.3) is 10.0 Å². The lowest BCUT2D eigenvalue weighted by Gasteiger charge is -2.34. The maximum absolute atomic E-state index is 14.9. The number of amides is 2. The number of likely N-dealkylation sites (N-methyl/N-ethyl adjacent to an activating group) is 1. The van der Waals surface area contributed by atoms with Crippen LogP contribution in [-0.2, 0) is 32.6 Å². The molecule has 1 N–H and O–H groups in total. The number of carbonyl (C=O) groups is 2. The molecule has 0 heterocycles. The molecule has 0 radical (unpaired) electrons. The summed E-state index contributed by atoms with van der Waals surface area (Å²) in [5, 5.41) is 2.79. The van der Waals surface area contributed by atoms with Crippen molar-refractivity contribution < 1.29 is 27.1 Å². The number of halogens is 1. The predicted molar refractivity (Wildman–Crippen MR) is 168 cm³/mol. The Hall–Kier alpha value is -4.70. The van der Waals surface area contributed by atoms with E-state index in [1.54, 1.807) is 55.5 Å². The van der Waals surface area contributed by atoms with E-state index in [-0.39, 0.29) is 29.1 Å². The van der Waals surface area contributed by atoms with E-state index in [4.69, 9.17) is 4.74 Å². The molecule has 0 aliphatic carbocycles. The monoisotopic (exact) mass is 617 g/mol. The Bertz CT molecular complexity index is 1630. The number of carbonyl (C=O) groups excluding carboxylic acids is 2. The maximum atomic E-state index is 14.9. The van der Waals surface area contributed by atoms with E-state index in [0.717, 1.165) is 9.87 Å². The second-order valence-corrected chi connectivity index (χ2v) is 11.8. The van der Waals surface area contributed by atoms with Crippen molar-refractivity contribution in [2.75, 3.05) is 24.0 Å². The lowest BCUT2D eigenvalue weighted by atomic mass is 10.0. The summed E-state index contributed by atoms with van der Waals surface area (Å²) in [5.74, 6) is -1.10. The number of hydrogen-bond acceptors (Lipinski definition) is 5. The Balaban J connectivity index is 1.79. The van der Waals surface area contributed by atoms with Gasteiger partial charge in [-0.1, -0.05) is 66.7 Å². The second kappa shape index (κ2) is 15.2. The summed E-state index contributed by atoms with van der Waals surface area (Å²) in [6.45, 7) is 3.46. The van der Waals surface area contributed by atoms with Crippen LogP contribution in [0.15, 0.2) is 114 Å². The van der Waals surface area contributed by atoms with Crippen LogP contribution in [-0.4, -0.2) is 50.9 Å². The SMILES string of the molecule is CCNC(=O)[C@H](Cc1ccccc1)N(Cc1ccccc1F)C(=O)CN(c1ccc(OCC)cc1)S(=O)(=O)c1ccccc1. The number of nitrogens with zero attached hydrogens (tertiary/aromatic N) is 2. The predicted octanol–water partition coefficient (Wildman–Crippen LogP) is 5.20. The van der Waals surface area contributed by atoms with Gasteiger partial charge in [0.2, 0.25) is 11.8 Å². The van der Waals surface area contributed by atoms with E-state index in [2.05, 4.69) is 5.32 Å². The molecule has 10 heteroatoms. The quantitative estimate of drug-likeness (QED) is 0.210. The number of rotatable bonds is 14.